The van der Waals surface area contributed by atoms with E-state index in [-0.39, 0.29) is 6.54 Å². The lowest BCUT2D eigenvalue weighted by Crippen LogP contribution is -2.38. The Labute approximate surface area is 77.0 Å². The molecule has 7 heteroatoms. The van der Waals surface area contributed by atoms with Gasteiger partial charge in [-0.05, 0) is 6.92 Å². The summed E-state index contributed by atoms with van der Waals surface area (Å²) in [7, 11) is -2.29. The lowest BCUT2D eigenvalue weighted by Gasteiger charge is -2.06. The number of nitrogens with zero attached hydrogens (tertiary/aromatic N) is 1. The van der Waals surface area contributed by atoms with E-state index in [9.17, 15) is 13.2 Å². The third-order valence-corrected chi connectivity index (χ3v) is 2.94. The van der Waals surface area contributed by atoms with Crippen molar-refractivity contribution in [3.8, 4) is 6.07 Å². The lowest BCUT2D eigenvalue weighted by atomic mass is 10.5. The normalized spacial score (nSPS) is 13.0. The Morgan fingerprint density at radius 2 is 2.15 bits per heavy atom. The monoisotopic (exact) mass is 205 g/mol. The molecule has 0 saturated heterocycles. The number of carbonyl (C=O) groups excluding carboxylic acids is 1. The minimum Gasteiger partial charge on any atom is -0.358 e. The van der Waals surface area contributed by atoms with Crippen LogP contribution in [-0.2, 0) is 14.8 Å². The summed E-state index contributed by atoms with van der Waals surface area (Å²) in [5.74, 6) is -0.450. The van der Waals surface area contributed by atoms with Crippen molar-refractivity contribution in [1.82, 2.24) is 10.0 Å². The van der Waals surface area contributed by atoms with Gasteiger partial charge in [-0.25, -0.2) is 13.1 Å². The van der Waals surface area contributed by atoms with Crippen molar-refractivity contribution in [2.24, 2.45) is 0 Å². The van der Waals surface area contributed by atoms with Crippen molar-refractivity contribution in [3.63, 3.8) is 0 Å². The Bertz CT molecular complexity index is 317. The molecule has 13 heavy (non-hydrogen) atoms. The highest BCUT2D eigenvalue weighted by Crippen LogP contribution is 1.94. The summed E-state index contributed by atoms with van der Waals surface area (Å²) < 4.78 is 24.1. The Morgan fingerprint density at radius 1 is 1.62 bits per heavy atom. The largest absolute Gasteiger partial charge is 0.358 e. The van der Waals surface area contributed by atoms with Crippen LogP contribution in [0.5, 0.6) is 0 Å². The fourth-order valence-corrected chi connectivity index (χ4v) is 1.17. The van der Waals surface area contributed by atoms with Crippen LogP contribution in [-0.4, -0.2) is 33.2 Å². The number of rotatable bonds is 4. The average molecular weight is 205 g/mol. The number of nitrogens with one attached hydrogen (secondary N) is 2. The van der Waals surface area contributed by atoms with Crippen molar-refractivity contribution >= 4 is 15.9 Å². The number of hydrogen-bond acceptors (Lipinski definition) is 4. The molecule has 0 aliphatic heterocycles. The molecule has 0 aromatic rings. The van der Waals surface area contributed by atoms with Gasteiger partial charge in [-0.2, -0.15) is 5.26 Å². The number of likely N-dealkylation sites (N-methyl/N-ethyl adjacent to an activating group) is 1. The Balaban J connectivity index is 4.23. The van der Waals surface area contributed by atoms with Crippen molar-refractivity contribution < 1.29 is 13.2 Å². The Hall–Kier alpha value is -1.13. The summed E-state index contributed by atoms with van der Waals surface area (Å²) in [4.78, 5) is 10.6. The zero-order valence-corrected chi connectivity index (χ0v) is 8.18. The first-order chi connectivity index (χ1) is 5.94. The van der Waals surface area contributed by atoms with Gasteiger partial charge in [0.15, 0.2) is 5.25 Å². The average Bonchev–Trinajstić information content (AvgIpc) is 2.12. The first-order valence-corrected chi connectivity index (χ1v) is 5.07. The van der Waals surface area contributed by atoms with Crippen molar-refractivity contribution in [2.45, 2.75) is 12.2 Å². The Morgan fingerprint density at radius 3 is 2.54 bits per heavy atom. The van der Waals surface area contributed by atoms with Crippen LogP contribution < -0.4 is 10.0 Å². The highest BCUT2D eigenvalue weighted by molar-refractivity contribution is 7.90. The predicted molar refractivity (Wildman–Crippen MR) is 46.1 cm³/mol. The smallest absolute Gasteiger partial charge is 0.234 e. The van der Waals surface area contributed by atoms with Gasteiger partial charge in [0, 0.05) is 7.05 Å². The standard InChI is InChI=1S/C6H11N3O3S/c1-5(3-7)13(11,12)9-4-6(10)8-2/h5,9H,4H2,1-2H3,(H,8,10). The first-order valence-electron chi connectivity index (χ1n) is 3.52. The molecule has 0 radical (unpaired) electrons. The van der Waals surface area contributed by atoms with Gasteiger partial charge in [0.1, 0.15) is 0 Å². The van der Waals surface area contributed by atoms with Gasteiger partial charge in [0.05, 0.1) is 12.6 Å². The zero-order chi connectivity index (χ0) is 10.5. The maximum atomic E-state index is 11.1. The molecule has 2 N–H and O–H groups in total. The third kappa shape index (κ3) is 3.87. The van der Waals surface area contributed by atoms with E-state index in [1.807, 2.05) is 4.72 Å². The van der Waals surface area contributed by atoms with E-state index >= 15 is 0 Å². The molecule has 0 rings (SSSR count). The number of sulfonamides is 1. The van der Waals surface area contributed by atoms with Gasteiger partial charge in [-0.3, -0.25) is 4.79 Å². The highest BCUT2D eigenvalue weighted by atomic mass is 32.2. The molecule has 0 aliphatic rings. The number of amides is 1. The molecule has 0 aromatic heterocycles. The molecule has 1 atom stereocenters. The van der Waals surface area contributed by atoms with Gasteiger partial charge >= 0.3 is 0 Å². The van der Waals surface area contributed by atoms with Crippen LogP contribution in [0.15, 0.2) is 0 Å². The van der Waals surface area contributed by atoms with E-state index in [1.165, 1.54) is 14.0 Å². The van der Waals surface area contributed by atoms with Crippen LogP contribution in [0.1, 0.15) is 6.92 Å². The number of hydrogen-bond donors (Lipinski definition) is 2. The number of carbonyl (C=O) groups is 1. The van der Waals surface area contributed by atoms with E-state index in [2.05, 4.69) is 5.32 Å². The summed E-state index contributed by atoms with van der Waals surface area (Å²) >= 11 is 0. The second-order valence-electron chi connectivity index (χ2n) is 2.31. The fourth-order valence-electron chi connectivity index (χ4n) is 0.449. The van der Waals surface area contributed by atoms with Gasteiger partial charge in [0.25, 0.3) is 0 Å². The van der Waals surface area contributed by atoms with Crippen molar-refractivity contribution in [2.75, 3.05) is 13.6 Å². The minimum atomic E-state index is -3.69. The molecule has 0 heterocycles. The first kappa shape index (κ1) is 11.9. The SMILES string of the molecule is CNC(=O)CNS(=O)(=O)C(C)C#N. The molecule has 0 spiro atoms. The van der Waals surface area contributed by atoms with E-state index in [0.29, 0.717) is 0 Å². The molecule has 0 fully saturated rings. The molecule has 0 saturated carbocycles. The minimum absolute atomic E-state index is 0.342. The van der Waals surface area contributed by atoms with Crippen LogP contribution in [0, 0.1) is 11.3 Å². The fraction of sp³-hybridized carbons (Fsp3) is 0.667. The van der Waals surface area contributed by atoms with Crippen LogP contribution in [0.3, 0.4) is 0 Å². The predicted octanol–water partition coefficient (Wildman–Crippen LogP) is -1.44. The molecular formula is C6H11N3O3S. The summed E-state index contributed by atoms with van der Waals surface area (Å²) in [6.45, 7) is 0.900. The maximum Gasteiger partial charge on any atom is 0.234 e. The van der Waals surface area contributed by atoms with Crippen LogP contribution in [0.25, 0.3) is 0 Å². The molecule has 0 bridgehead atoms. The van der Waals surface area contributed by atoms with Crippen LogP contribution in [0.4, 0.5) is 0 Å². The second-order valence-corrected chi connectivity index (χ2v) is 4.40. The van der Waals surface area contributed by atoms with Crippen molar-refractivity contribution in [1.29, 1.82) is 5.26 Å². The van der Waals surface area contributed by atoms with Gasteiger partial charge in [-0.15, -0.1) is 0 Å². The second kappa shape index (κ2) is 4.79. The summed E-state index contributed by atoms with van der Waals surface area (Å²) in [5, 5.41) is 9.41. The summed E-state index contributed by atoms with van der Waals surface area (Å²) in [6.07, 6.45) is 0. The lowest BCUT2D eigenvalue weighted by molar-refractivity contribution is -0.119. The number of nitriles is 1. The van der Waals surface area contributed by atoms with E-state index in [0.717, 1.165) is 0 Å². The van der Waals surface area contributed by atoms with Gasteiger partial charge in [-0.1, -0.05) is 0 Å². The molecule has 6 nitrogen and oxygen atoms in total. The molecule has 74 valence electrons. The third-order valence-electron chi connectivity index (χ3n) is 1.36. The summed E-state index contributed by atoms with van der Waals surface area (Å²) in [6, 6.07) is 1.56. The zero-order valence-electron chi connectivity index (χ0n) is 7.36. The molecule has 0 aromatic carbocycles. The van der Waals surface area contributed by atoms with Gasteiger partial charge < -0.3 is 5.32 Å². The quantitative estimate of drug-likeness (QED) is 0.587. The molecule has 1 amide bonds. The summed E-state index contributed by atoms with van der Waals surface area (Å²) in [5.41, 5.74) is 0. The molecule has 0 aliphatic carbocycles. The van der Waals surface area contributed by atoms with Crippen molar-refractivity contribution in [3.05, 3.63) is 0 Å². The van der Waals surface area contributed by atoms with Crippen LogP contribution in [0.2, 0.25) is 0 Å². The van der Waals surface area contributed by atoms with E-state index in [4.69, 9.17) is 5.26 Å². The van der Waals surface area contributed by atoms with Crippen LogP contribution >= 0.6 is 0 Å². The topological polar surface area (TPSA) is 99.1 Å². The maximum absolute atomic E-state index is 11.1. The van der Waals surface area contributed by atoms with E-state index in [1.54, 1.807) is 6.07 Å². The Kier molecular flexibility index (Phi) is 4.37. The highest BCUT2D eigenvalue weighted by Gasteiger charge is 2.19. The molecular weight excluding hydrogens is 194 g/mol. The van der Waals surface area contributed by atoms with Gasteiger partial charge in [0.2, 0.25) is 15.9 Å². The van der Waals surface area contributed by atoms with E-state index < -0.39 is 21.2 Å². The molecule has 1 unspecified atom stereocenters.